The molecule has 3 aromatic rings. The van der Waals surface area contributed by atoms with E-state index in [0.29, 0.717) is 26.2 Å². The molecule has 2 saturated heterocycles. The van der Waals surface area contributed by atoms with Crippen LogP contribution in [0.25, 0.3) is 0 Å². The number of unbranched alkanes of at least 4 members (excludes halogenated alkanes) is 1. The number of aliphatic carboxylic acids is 2. The summed E-state index contributed by atoms with van der Waals surface area (Å²) in [6, 6.07) is 25.9. The molecular weight excluding hydrogens is 636 g/mol. The van der Waals surface area contributed by atoms with Crippen LogP contribution in [0.15, 0.2) is 84.9 Å². The predicted octanol–water partition coefficient (Wildman–Crippen LogP) is 5.78. The van der Waals surface area contributed by atoms with E-state index in [4.69, 9.17) is 10.5 Å². The Bertz CT molecular complexity index is 1570. The maximum atomic E-state index is 13.8. The Morgan fingerprint density at radius 3 is 2.06 bits per heavy atom. The molecule has 11 nitrogen and oxygen atoms in total. The van der Waals surface area contributed by atoms with Crippen molar-refractivity contribution < 1.29 is 29.5 Å². The Labute approximate surface area is 294 Å². The van der Waals surface area contributed by atoms with Crippen molar-refractivity contribution >= 4 is 17.6 Å². The minimum absolute atomic E-state index is 0.0460. The van der Waals surface area contributed by atoms with Gasteiger partial charge in [-0.1, -0.05) is 86.1 Å². The zero-order chi connectivity index (χ0) is 35.9. The fraction of sp³-hybridized carbons (Fsp3) is 0.487. The van der Waals surface area contributed by atoms with Gasteiger partial charge in [-0.2, -0.15) is 0 Å². The average Bonchev–Trinajstić information content (AvgIpc) is 3.12. The Kier molecular flexibility index (Phi) is 11.7. The quantitative estimate of drug-likeness (QED) is 0.0874. The van der Waals surface area contributed by atoms with Crippen LogP contribution in [0.3, 0.4) is 0 Å². The van der Waals surface area contributed by atoms with Crippen LogP contribution < -0.4 is 11.1 Å². The highest BCUT2D eigenvalue weighted by Gasteiger charge is 2.67. The molecule has 0 bridgehead atoms. The second-order valence-electron chi connectivity index (χ2n) is 14.0. The predicted molar refractivity (Wildman–Crippen MR) is 191 cm³/mol. The number of nitro groups is 1. The lowest BCUT2D eigenvalue weighted by Crippen LogP contribution is -2.73. The summed E-state index contributed by atoms with van der Waals surface area (Å²) in [4.78, 5) is 41.0. The summed E-state index contributed by atoms with van der Waals surface area (Å²) in [7, 11) is 0. The number of nitrogens with two attached hydrogens (primary N) is 1. The summed E-state index contributed by atoms with van der Waals surface area (Å²) in [6.45, 7) is 6.03. The molecule has 50 heavy (non-hydrogen) atoms. The third-order valence-corrected chi connectivity index (χ3v) is 11.5. The minimum atomic E-state index is -1.84. The number of ether oxygens (including phenoxy) is 1. The Balaban J connectivity index is 1.52. The van der Waals surface area contributed by atoms with E-state index in [0.717, 1.165) is 25.7 Å². The van der Waals surface area contributed by atoms with Crippen molar-refractivity contribution in [2.45, 2.75) is 75.9 Å². The number of nitrogens with zero attached hydrogens (tertiary/aromatic N) is 2. The first-order chi connectivity index (χ1) is 24.0. The van der Waals surface area contributed by atoms with Gasteiger partial charge < -0.3 is 25.6 Å². The van der Waals surface area contributed by atoms with E-state index in [2.05, 4.69) is 58.7 Å². The lowest BCUT2D eigenvalue weighted by Gasteiger charge is -2.57. The van der Waals surface area contributed by atoms with Crippen molar-refractivity contribution in [3.8, 4) is 0 Å². The maximum absolute atomic E-state index is 13.8. The van der Waals surface area contributed by atoms with Crippen LogP contribution in [0, 0.1) is 20.9 Å². The zero-order valence-electron chi connectivity index (χ0n) is 29.0. The molecule has 0 amide bonds. The van der Waals surface area contributed by atoms with Gasteiger partial charge in [0.05, 0.1) is 16.5 Å². The molecule has 2 heterocycles. The number of nitrogens with one attached hydrogen (secondary N) is 1. The molecule has 268 valence electrons. The number of benzene rings is 3. The van der Waals surface area contributed by atoms with Gasteiger partial charge >= 0.3 is 11.9 Å². The number of carbonyl (C=O) groups is 2. The van der Waals surface area contributed by atoms with E-state index in [1.807, 2.05) is 19.1 Å². The van der Waals surface area contributed by atoms with Crippen LogP contribution in [-0.4, -0.2) is 77.0 Å². The van der Waals surface area contributed by atoms with Crippen molar-refractivity contribution in [1.29, 1.82) is 0 Å². The number of carboxylic acids is 2. The summed E-state index contributed by atoms with van der Waals surface area (Å²) < 4.78 is 5.84. The molecule has 3 aromatic carbocycles. The summed E-state index contributed by atoms with van der Waals surface area (Å²) in [5.74, 6) is -3.64. The molecule has 0 spiro atoms. The number of nitro benzene ring substituents is 1. The lowest BCUT2D eigenvalue weighted by molar-refractivity contribution is -0.385. The number of piperidine rings is 2. The molecule has 0 saturated carbocycles. The first-order valence-corrected chi connectivity index (χ1v) is 17.7. The molecule has 5 unspecified atom stereocenters. The largest absolute Gasteiger partial charge is 0.481 e. The summed E-state index contributed by atoms with van der Waals surface area (Å²) >= 11 is 0. The second kappa shape index (κ2) is 15.8. The van der Waals surface area contributed by atoms with Crippen molar-refractivity contribution in [2.24, 2.45) is 16.6 Å². The summed E-state index contributed by atoms with van der Waals surface area (Å²) in [5, 5.41) is 37.4. The maximum Gasteiger partial charge on any atom is 0.313 e. The number of hydrogen-bond acceptors (Lipinski definition) is 8. The van der Waals surface area contributed by atoms with Crippen molar-refractivity contribution in [3.63, 3.8) is 0 Å². The molecule has 5 atom stereocenters. The van der Waals surface area contributed by atoms with Gasteiger partial charge in [0.1, 0.15) is 5.41 Å². The first kappa shape index (κ1) is 37.1. The molecule has 0 aromatic heterocycles. The van der Waals surface area contributed by atoms with Crippen LogP contribution >= 0.6 is 0 Å². The molecule has 11 heteroatoms. The van der Waals surface area contributed by atoms with E-state index in [9.17, 15) is 29.9 Å². The van der Waals surface area contributed by atoms with Gasteiger partial charge in [0.15, 0.2) is 0 Å². The van der Waals surface area contributed by atoms with Gasteiger partial charge in [0, 0.05) is 42.7 Å². The van der Waals surface area contributed by atoms with E-state index < -0.39 is 45.8 Å². The van der Waals surface area contributed by atoms with Gasteiger partial charge in [0.2, 0.25) is 0 Å². The van der Waals surface area contributed by atoms with E-state index in [-0.39, 0.29) is 36.1 Å². The third-order valence-electron chi connectivity index (χ3n) is 11.5. The molecule has 5 rings (SSSR count). The zero-order valence-corrected chi connectivity index (χ0v) is 29.0. The summed E-state index contributed by atoms with van der Waals surface area (Å²) in [6.07, 6.45) is 2.22. The summed E-state index contributed by atoms with van der Waals surface area (Å²) in [5.41, 5.74) is 5.48. The van der Waals surface area contributed by atoms with Gasteiger partial charge in [0.25, 0.3) is 5.69 Å². The Hall–Kier alpha value is -4.16. The Morgan fingerprint density at radius 2 is 1.52 bits per heavy atom. The number of carboxylic acid groups (broad SMARTS) is 2. The number of non-ortho nitro benzene ring substituents is 1. The molecule has 0 radical (unpaired) electrons. The topological polar surface area (TPSA) is 168 Å². The fourth-order valence-electron chi connectivity index (χ4n) is 8.66. The van der Waals surface area contributed by atoms with Crippen molar-refractivity contribution in [1.82, 2.24) is 10.2 Å². The van der Waals surface area contributed by atoms with Crippen LogP contribution in [0.5, 0.6) is 0 Å². The Morgan fingerprint density at radius 1 is 0.920 bits per heavy atom. The molecular formula is C39H50N4O7. The van der Waals surface area contributed by atoms with Crippen LogP contribution in [0.4, 0.5) is 5.69 Å². The first-order valence-electron chi connectivity index (χ1n) is 17.7. The van der Waals surface area contributed by atoms with Crippen LogP contribution in [0.2, 0.25) is 0 Å². The lowest BCUT2D eigenvalue weighted by atomic mass is 9.51. The molecule has 0 aliphatic carbocycles. The SMILES string of the molecule is CCCCOCCC1(C(=O)O)C(N)NC(C)C(CCN2CCC(c3ccccc3)(c3ccccc3)CC2)(C(=O)O)C1c1cccc([N+](=O)[O-])c1. The van der Waals surface area contributed by atoms with Gasteiger partial charge in [-0.25, -0.2) is 0 Å². The number of likely N-dealkylation sites (tertiary alicyclic amines) is 1. The van der Waals surface area contributed by atoms with Crippen molar-refractivity contribution in [2.75, 3.05) is 32.8 Å². The highest BCUT2D eigenvalue weighted by Crippen LogP contribution is 2.58. The molecule has 5 N–H and O–H groups in total. The van der Waals surface area contributed by atoms with E-state index in [1.54, 1.807) is 13.0 Å². The van der Waals surface area contributed by atoms with Gasteiger partial charge in [-0.05, 0) is 75.4 Å². The standard InChI is InChI=1S/C39H50N4O7/c1-3-4-25-50-26-21-39(36(46)47)33(29-12-11-17-32(27-29)43(48)49)38(35(44)45,28(2)41-34(39)40)20-24-42-22-18-37(19-23-42,30-13-7-5-8-14-30)31-15-9-6-10-16-31/h5-17,27-28,33-34,41H,3-4,18-26,40H2,1-2H3,(H,44,45)(H,46,47). The second-order valence-corrected chi connectivity index (χ2v) is 14.0. The molecule has 2 aliphatic heterocycles. The number of hydrogen-bond donors (Lipinski definition) is 4. The van der Waals surface area contributed by atoms with Gasteiger partial charge in [-0.3, -0.25) is 25.0 Å². The molecule has 2 aliphatic rings. The van der Waals surface area contributed by atoms with Gasteiger partial charge in [-0.15, -0.1) is 0 Å². The van der Waals surface area contributed by atoms with Crippen LogP contribution in [-0.2, 0) is 19.7 Å². The fourth-order valence-corrected chi connectivity index (χ4v) is 8.66. The highest BCUT2D eigenvalue weighted by molar-refractivity contribution is 5.84. The smallest absolute Gasteiger partial charge is 0.313 e. The van der Waals surface area contributed by atoms with E-state index >= 15 is 0 Å². The minimum Gasteiger partial charge on any atom is -0.481 e. The highest BCUT2D eigenvalue weighted by atomic mass is 16.6. The van der Waals surface area contributed by atoms with Crippen LogP contribution in [0.1, 0.15) is 75.0 Å². The average molecular weight is 687 g/mol. The van der Waals surface area contributed by atoms with Crippen molar-refractivity contribution in [3.05, 3.63) is 112 Å². The van der Waals surface area contributed by atoms with E-state index in [1.165, 1.54) is 29.3 Å². The third kappa shape index (κ3) is 6.92. The number of rotatable bonds is 15. The monoisotopic (exact) mass is 686 g/mol. The molecule has 2 fully saturated rings. The normalized spacial score (nSPS) is 26.7.